The molecule has 1 aliphatic carbocycles. The number of hydrogen-bond donors (Lipinski definition) is 2. The van der Waals surface area contributed by atoms with Gasteiger partial charge in [-0.2, -0.15) is 0 Å². The second-order valence-electron chi connectivity index (χ2n) is 10.3. The Morgan fingerprint density at radius 1 is 1.00 bits per heavy atom. The lowest BCUT2D eigenvalue weighted by Crippen LogP contribution is -2.30. The number of carbonyl (C=O) groups is 2. The molecule has 0 spiro atoms. The quantitative estimate of drug-likeness (QED) is 0.172. The van der Waals surface area contributed by atoms with E-state index in [-0.39, 0.29) is 23.3 Å². The van der Waals surface area contributed by atoms with Crippen molar-refractivity contribution in [2.24, 2.45) is 5.92 Å². The number of H-pyrrole nitrogens is 1. The summed E-state index contributed by atoms with van der Waals surface area (Å²) in [5.74, 6) is -0.683. The Kier molecular flexibility index (Phi) is 7.81. The zero-order chi connectivity index (χ0) is 30.2. The van der Waals surface area contributed by atoms with Crippen molar-refractivity contribution >= 4 is 46.1 Å². The average Bonchev–Trinajstić information content (AvgIpc) is 3.78. The van der Waals surface area contributed by atoms with Crippen molar-refractivity contribution in [1.82, 2.24) is 15.3 Å². The standard InChI is InChI=1S/C33H26Cl2FN3O4/c1-42-28-16-27-26(15-25(28)36)37-31(38-27)22-4-3-5-24(35)29(22)21-13-10-19(14-23(21)33(41)43-2)32(40)39-30(17-6-7-17)18-8-11-20(34)12-9-18/h3-5,8-17,30H,6-7H2,1-2H3,(H,37,38)(H,39,40)/t30-/m0/s1. The van der Waals surface area contributed by atoms with Crippen LogP contribution in [0.1, 0.15) is 45.2 Å². The van der Waals surface area contributed by atoms with Crippen molar-refractivity contribution in [1.29, 1.82) is 0 Å². The fourth-order valence-electron chi connectivity index (χ4n) is 5.27. The number of benzene rings is 4. The normalized spacial score (nSPS) is 13.5. The van der Waals surface area contributed by atoms with Gasteiger partial charge in [0.1, 0.15) is 5.82 Å². The number of halogens is 3. The first kappa shape index (κ1) is 28.7. The summed E-state index contributed by atoms with van der Waals surface area (Å²) in [5.41, 5.74) is 3.89. The van der Waals surface area contributed by atoms with E-state index in [1.807, 2.05) is 12.1 Å². The first-order valence-electron chi connectivity index (χ1n) is 13.6. The average molecular weight is 618 g/mol. The van der Waals surface area contributed by atoms with Crippen molar-refractivity contribution in [3.05, 3.63) is 105 Å². The number of nitrogens with one attached hydrogen (secondary N) is 2. The molecule has 43 heavy (non-hydrogen) atoms. The number of esters is 1. The maximum atomic E-state index is 14.4. The molecule has 1 saturated carbocycles. The molecule has 1 atom stereocenters. The Balaban J connectivity index is 1.40. The highest BCUT2D eigenvalue weighted by molar-refractivity contribution is 6.34. The molecule has 1 aromatic heterocycles. The molecular weight excluding hydrogens is 592 g/mol. The van der Waals surface area contributed by atoms with E-state index in [1.54, 1.807) is 42.5 Å². The minimum atomic E-state index is -0.636. The van der Waals surface area contributed by atoms with E-state index in [2.05, 4.69) is 15.3 Å². The molecule has 1 heterocycles. The van der Waals surface area contributed by atoms with Gasteiger partial charge in [0.2, 0.25) is 0 Å². The third kappa shape index (κ3) is 5.68. The fourth-order valence-corrected chi connectivity index (χ4v) is 5.67. The smallest absolute Gasteiger partial charge is 0.338 e. The van der Waals surface area contributed by atoms with Gasteiger partial charge < -0.3 is 19.8 Å². The first-order chi connectivity index (χ1) is 20.8. The molecule has 7 nitrogen and oxygen atoms in total. The summed E-state index contributed by atoms with van der Waals surface area (Å²) in [4.78, 5) is 34.4. The summed E-state index contributed by atoms with van der Waals surface area (Å²) in [7, 11) is 2.66. The SMILES string of the molecule is COC(=O)c1cc(C(=O)N[C@H](c2ccc(Cl)cc2)C2CC2)ccc1-c1c(Cl)cccc1-c1nc2cc(OC)c(F)cc2[nH]1. The Morgan fingerprint density at radius 2 is 1.77 bits per heavy atom. The highest BCUT2D eigenvalue weighted by Crippen LogP contribution is 2.42. The van der Waals surface area contributed by atoms with Gasteiger partial charge in [0.15, 0.2) is 11.6 Å². The predicted octanol–water partition coefficient (Wildman–Crippen LogP) is 8.02. The van der Waals surface area contributed by atoms with Crippen molar-refractivity contribution in [3.8, 4) is 28.3 Å². The largest absolute Gasteiger partial charge is 0.494 e. The van der Waals surface area contributed by atoms with E-state index in [0.29, 0.717) is 55.1 Å². The van der Waals surface area contributed by atoms with E-state index >= 15 is 0 Å². The Hall–Kier alpha value is -4.40. The first-order valence-corrected chi connectivity index (χ1v) is 14.3. The fraction of sp³-hybridized carbons (Fsp3) is 0.182. The summed E-state index contributed by atoms with van der Waals surface area (Å²) in [5, 5.41) is 4.11. The molecule has 218 valence electrons. The third-order valence-corrected chi connectivity index (χ3v) is 8.16. The summed E-state index contributed by atoms with van der Waals surface area (Å²) in [6.45, 7) is 0. The second kappa shape index (κ2) is 11.7. The van der Waals surface area contributed by atoms with Crippen LogP contribution in [0.2, 0.25) is 10.0 Å². The van der Waals surface area contributed by atoms with E-state index in [9.17, 15) is 14.0 Å². The Bertz CT molecular complexity index is 1870. The summed E-state index contributed by atoms with van der Waals surface area (Å²) in [6.07, 6.45) is 2.02. The Labute approximate surface area is 256 Å². The number of aromatic amines is 1. The lowest BCUT2D eigenvalue weighted by molar-refractivity contribution is 0.0601. The summed E-state index contributed by atoms with van der Waals surface area (Å²) >= 11 is 12.8. The number of aromatic nitrogens is 2. The third-order valence-electron chi connectivity index (χ3n) is 7.59. The van der Waals surface area contributed by atoms with Crippen LogP contribution in [0.5, 0.6) is 5.75 Å². The van der Waals surface area contributed by atoms with Crippen LogP contribution in [0.25, 0.3) is 33.5 Å². The van der Waals surface area contributed by atoms with Gasteiger partial charge in [-0.25, -0.2) is 14.2 Å². The van der Waals surface area contributed by atoms with Gasteiger partial charge in [0.25, 0.3) is 5.91 Å². The molecule has 1 fully saturated rings. The molecule has 0 radical (unpaired) electrons. The molecule has 4 aromatic carbocycles. The molecule has 0 aliphatic heterocycles. The second-order valence-corrected chi connectivity index (χ2v) is 11.2. The maximum absolute atomic E-state index is 14.4. The summed E-state index contributed by atoms with van der Waals surface area (Å²) in [6, 6.07) is 20.1. The monoisotopic (exact) mass is 617 g/mol. The van der Waals surface area contributed by atoms with Gasteiger partial charge in [0.05, 0.1) is 36.9 Å². The van der Waals surface area contributed by atoms with E-state index in [1.165, 1.54) is 32.4 Å². The number of hydrogen-bond acceptors (Lipinski definition) is 5. The van der Waals surface area contributed by atoms with Gasteiger partial charge in [-0.15, -0.1) is 0 Å². The topological polar surface area (TPSA) is 93.3 Å². The molecule has 0 saturated heterocycles. The zero-order valence-electron chi connectivity index (χ0n) is 23.2. The number of carbonyl (C=O) groups excluding carboxylic acids is 2. The molecule has 1 amide bonds. The molecule has 1 aliphatic rings. The number of fused-ring (bicyclic) bond motifs is 1. The van der Waals surface area contributed by atoms with E-state index in [0.717, 1.165) is 18.4 Å². The number of ether oxygens (including phenoxy) is 2. The number of methoxy groups -OCH3 is 2. The van der Waals surface area contributed by atoms with Crippen LogP contribution in [0.3, 0.4) is 0 Å². The number of imidazole rings is 1. The molecule has 10 heteroatoms. The molecule has 0 unspecified atom stereocenters. The van der Waals surface area contributed by atoms with Crippen molar-refractivity contribution < 1.29 is 23.5 Å². The minimum Gasteiger partial charge on any atom is -0.494 e. The van der Waals surface area contributed by atoms with Gasteiger partial charge >= 0.3 is 5.97 Å². The number of amides is 1. The van der Waals surface area contributed by atoms with E-state index in [4.69, 9.17) is 32.7 Å². The van der Waals surface area contributed by atoms with Crippen molar-refractivity contribution in [2.45, 2.75) is 18.9 Å². The van der Waals surface area contributed by atoms with Crippen LogP contribution in [0, 0.1) is 11.7 Å². The maximum Gasteiger partial charge on any atom is 0.338 e. The molecule has 5 aromatic rings. The minimum absolute atomic E-state index is 0.0682. The highest BCUT2D eigenvalue weighted by atomic mass is 35.5. The van der Waals surface area contributed by atoms with Crippen molar-refractivity contribution in [3.63, 3.8) is 0 Å². The van der Waals surface area contributed by atoms with Crippen LogP contribution in [0.4, 0.5) is 4.39 Å². The van der Waals surface area contributed by atoms with Gasteiger partial charge in [0, 0.05) is 38.9 Å². The predicted molar refractivity (Wildman–Crippen MR) is 164 cm³/mol. The van der Waals surface area contributed by atoms with Crippen molar-refractivity contribution in [2.75, 3.05) is 14.2 Å². The number of rotatable bonds is 8. The van der Waals surface area contributed by atoms with Crippen LogP contribution >= 0.6 is 23.2 Å². The Morgan fingerprint density at radius 3 is 2.47 bits per heavy atom. The lowest BCUT2D eigenvalue weighted by atomic mass is 9.93. The van der Waals surface area contributed by atoms with Crippen LogP contribution in [0.15, 0.2) is 72.8 Å². The van der Waals surface area contributed by atoms with Crippen LogP contribution in [-0.2, 0) is 4.74 Å². The van der Waals surface area contributed by atoms with Gasteiger partial charge in [-0.3, -0.25) is 4.79 Å². The van der Waals surface area contributed by atoms with Gasteiger partial charge in [-0.05, 0) is 60.2 Å². The molecular formula is C33H26Cl2FN3O4. The van der Waals surface area contributed by atoms with Crippen LogP contribution < -0.4 is 10.1 Å². The van der Waals surface area contributed by atoms with Crippen LogP contribution in [-0.4, -0.2) is 36.1 Å². The van der Waals surface area contributed by atoms with Gasteiger partial charge in [-0.1, -0.05) is 53.5 Å². The number of nitrogens with zero attached hydrogens (tertiary/aromatic N) is 1. The van der Waals surface area contributed by atoms with E-state index < -0.39 is 11.8 Å². The molecule has 6 rings (SSSR count). The lowest BCUT2D eigenvalue weighted by Gasteiger charge is -2.20. The summed E-state index contributed by atoms with van der Waals surface area (Å²) < 4.78 is 24.6. The highest BCUT2D eigenvalue weighted by Gasteiger charge is 2.34. The molecule has 2 N–H and O–H groups in total. The zero-order valence-corrected chi connectivity index (χ0v) is 24.7. The molecule has 0 bridgehead atoms.